The van der Waals surface area contributed by atoms with Crippen LogP contribution >= 0.6 is 0 Å². The molecule has 0 aromatic heterocycles. The second-order valence-electron chi connectivity index (χ2n) is 6.05. The van der Waals surface area contributed by atoms with Gasteiger partial charge >= 0.3 is 0 Å². The maximum Gasteiger partial charge on any atom is -0.0352 e. The van der Waals surface area contributed by atoms with Crippen LogP contribution in [0.2, 0.25) is 0 Å². The highest BCUT2D eigenvalue weighted by molar-refractivity contribution is 4.71. The van der Waals surface area contributed by atoms with Crippen LogP contribution in [-0.2, 0) is 0 Å². The number of hydrogen-bond acceptors (Lipinski definition) is 0. The van der Waals surface area contributed by atoms with Crippen molar-refractivity contribution in [2.24, 2.45) is 11.3 Å². The van der Waals surface area contributed by atoms with Crippen molar-refractivity contribution >= 4 is 0 Å². The summed E-state index contributed by atoms with van der Waals surface area (Å²) in [7, 11) is 0. The van der Waals surface area contributed by atoms with Crippen molar-refractivity contribution < 1.29 is 0 Å². The SMILES string of the molecule is CCCCCCCC(C)(C)CC(C)CC. The van der Waals surface area contributed by atoms with Crippen LogP contribution in [0.5, 0.6) is 0 Å². The van der Waals surface area contributed by atoms with Crippen LogP contribution in [0.25, 0.3) is 0 Å². The quantitative estimate of drug-likeness (QED) is 0.423. The van der Waals surface area contributed by atoms with E-state index in [1.54, 1.807) is 0 Å². The molecule has 0 heteroatoms. The highest BCUT2D eigenvalue weighted by Gasteiger charge is 2.19. The summed E-state index contributed by atoms with van der Waals surface area (Å²) < 4.78 is 0. The largest absolute Gasteiger partial charge is 0.0654 e. The Morgan fingerprint density at radius 1 is 0.933 bits per heavy atom. The van der Waals surface area contributed by atoms with Crippen LogP contribution in [0, 0.1) is 11.3 Å². The van der Waals surface area contributed by atoms with Gasteiger partial charge < -0.3 is 0 Å². The molecule has 0 heterocycles. The van der Waals surface area contributed by atoms with Gasteiger partial charge in [-0.15, -0.1) is 0 Å². The van der Waals surface area contributed by atoms with E-state index in [-0.39, 0.29) is 0 Å². The molecule has 0 N–H and O–H groups in total. The Hall–Kier alpha value is 0. The predicted octanol–water partition coefficient (Wildman–Crippen LogP) is 5.81. The third-order valence-electron chi connectivity index (χ3n) is 3.56. The molecule has 15 heavy (non-hydrogen) atoms. The lowest BCUT2D eigenvalue weighted by atomic mass is 9.78. The maximum atomic E-state index is 2.44. The standard InChI is InChI=1S/C15H32/c1-6-8-9-10-11-12-15(4,5)13-14(3)7-2/h14H,6-13H2,1-5H3. The predicted molar refractivity (Wildman–Crippen MR) is 71.2 cm³/mol. The monoisotopic (exact) mass is 212 g/mol. The van der Waals surface area contributed by atoms with Gasteiger partial charge in [0.2, 0.25) is 0 Å². The van der Waals surface area contributed by atoms with E-state index >= 15 is 0 Å². The molecule has 0 fully saturated rings. The summed E-state index contributed by atoms with van der Waals surface area (Å²) in [6.45, 7) is 11.9. The molecule has 1 atom stereocenters. The van der Waals surface area contributed by atoms with Crippen LogP contribution in [0.3, 0.4) is 0 Å². The first-order valence-electron chi connectivity index (χ1n) is 7.02. The number of hydrogen-bond donors (Lipinski definition) is 0. The van der Waals surface area contributed by atoms with Gasteiger partial charge in [-0.05, 0) is 24.2 Å². The zero-order valence-electron chi connectivity index (χ0n) is 11.7. The van der Waals surface area contributed by atoms with E-state index in [0.717, 1.165) is 5.92 Å². The molecule has 0 spiro atoms. The highest BCUT2D eigenvalue weighted by atomic mass is 14.2. The zero-order chi connectivity index (χ0) is 11.7. The Morgan fingerprint density at radius 2 is 1.53 bits per heavy atom. The summed E-state index contributed by atoms with van der Waals surface area (Å²) in [4.78, 5) is 0. The lowest BCUT2D eigenvalue weighted by molar-refractivity contribution is 0.244. The lowest BCUT2D eigenvalue weighted by Gasteiger charge is -2.27. The molecule has 0 saturated carbocycles. The molecule has 0 bridgehead atoms. The third-order valence-corrected chi connectivity index (χ3v) is 3.56. The lowest BCUT2D eigenvalue weighted by Crippen LogP contribution is -2.15. The topological polar surface area (TPSA) is 0 Å². The molecule has 1 unspecified atom stereocenters. The summed E-state index contributed by atoms with van der Waals surface area (Å²) in [6, 6.07) is 0. The molecule has 0 aromatic carbocycles. The summed E-state index contributed by atoms with van der Waals surface area (Å²) in [6.07, 6.45) is 11.2. The number of rotatable bonds is 9. The average Bonchev–Trinajstić information content (AvgIpc) is 2.16. The van der Waals surface area contributed by atoms with Crippen molar-refractivity contribution in [2.45, 2.75) is 86.0 Å². The van der Waals surface area contributed by atoms with Crippen LogP contribution in [-0.4, -0.2) is 0 Å². The van der Waals surface area contributed by atoms with Gasteiger partial charge in [0, 0.05) is 0 Å². The second-order valence-corrected chi connectivity index (χ2v) is 6.05. The van der Waals surface area contributed by atoms with E-state index in [4.69, 9.17) is 0 Å². The Morgan fingerprint density at radius 3 is 2.07 bits per heavy atom. The molecule has 0 aliphatic heterocycles. The molecule has 0 nitrogen and oxygen atoms in total. The zero-order valence-corrected chi connectivity index (χ0v) is 11.7. The molecular weight excluding hydrogens is 180 g/mol. The normalized spacial score (nSPS) is 14.2. The first-order chi connectivity index (χ1) is 7.02. The summed E-state index contributed by atoms with van der Waals surface area (Å²) in [5, 5.41) is 0. The van der Waals surface area contributed by atoms with Gasteiger partial charge in [-0.2, -0.15) is 0 Å². The smallest absolute Gasteiger partial charge is 0.0352 e. The van der Waals surface area contributed by atoms with Crippen LogP contribution in [0.15, 0.2) is 0 Å². The van der Waals surface area contributed by atoms with Gasteiger partial charge in [-0.25, -0.2) is 0 Å². The molecule has 0 radical (unpaired) electrons. The van der Waals surface area contributed by atoms with Crippen molar-refractivity contribution in [2.75, 3.05) is 0 Å². The average molecular weight is 212 g/mol. The third kappa shape index (κ3) is 8.96. The Balaban J connectivity index is 3.55. The van der Waals surface area contributed by atoms with Crippen molar-refractivity contribution in [3.05, 3.63) is 0 Å². The number of unbranched alkanes of at least 4 members (excludes halogenated alkanes) is 4. The van der Waals surface area contributed by atoms with Gasteiger partial charge in [-0.1, -0.05) is 73.1 Å². The molecule has 0 aliphatic rings. The highest BCUT2D eigenvalue weighted by Crippen LogP contribution is 2.32. The van der Waals surface area contributed by atoms with Gasteiger partial charge in [-0.3, -0.25) is 0 Å². The van der Waals surface area contributed by atoms with Crippen LogP contribution < -0.4 is 0 Å². The first-order valence-corrected chi connectivity index (χ1v) is 7.02. The fourth-order valence-corrected chi connectivity index (χ4v) is 2.40. The van der Waals surface area contributed by atoms with E-state index in [9.17, 15) is 0 Å². The Kier molecular flexibility index (Phi) is 8.19. The second kappa shape index (κ2) is 8.19. The molecule has 0 amide bonds. The van der Waals surface area contributed by atoms with Gasteiger partial charge in [0.15, 0.2) is 0 Å². The minimum Gasteiger partial charge on any atom is -0.0654 e. The van der Waals surface area contributed by atoms with E-state index in [1.807, 2.05) is 0 Å². The van der Waals surface area contributed by atoms with Gasteiger partial charge in [0.1, 0.15) is 0 Å². The fourth-order valence-electron chi connectivity index (χ4n) is 2.40. The van der Waals surface area contributed by atoms with Crippen molar-refractivity contribution in [1.82, 2.24) is 0 Å². The van der Waals surface area contributed by atoms with E-state index < -0.39 is 0 Å². The minimum atomic E-state index is 0.571. The summed E-state index contributed by atoms with van der Waals surface area (Å²) in [5.74, 6) is 0.899. The minimum absolute atomic E-state index is 0.571. The molecule has 0 aliphatic carbocycles. The Labute approximate surface area is 97.8 Å². The molecule has 0 saturated heterocycles. The molecule has 0 aromatic rings. The van der Waals surface area contributed by atoms with Gasteiger partial charge in [0.05, 0.1) is 0 Å². The Bertz CT molecular complexity index is 135. The van der Waals surface area contributed by atoms with Crippen LogP contribution in [0.1, 0.15) is 86.0 Å². The van der Waals surface area contributed by atoms with Crippen molar-refractivity contribution in [3.8, 4) is 0 Å². The fraction of sp³-hybridized carbons (Fsp3) is 1.00. The molecule has 0 rings (SSSR count). The van der Waals surface area contributed by atoms with Crippen molar-refractivity contribution in [3.63, 3.8) is 0 Å². The van der Waals surface area contributed by atoms with E-state index in [2.05, 4.69) is 34.6 Å². The van der Waals surface area contributed by atoms with Crippen molar-refractivity contribution in [1.29, 1.82) is 0 Å². The molecular formula is C15H32. The summed E-state index contributed by atoms with van der Waals surface area (Å²) in [5.41, 5.74) is 0.571. The van der Waals surface area contributed by atoms with E-state index in [1.165, 1.54) is 51.4 Å². The first kappa shape index (κ1) is 15.0. The summed E-state index contributed by atoms with van der Waals surface area (Å²) >= 11 is 0. The maximum absolute atomic E-state index is 2.44. The van der Waals surface area contributed by atoms with E-state index in [0.29, 0.717) is 5.41 Å². The van der Waals surface area contributed by atoms with Crippen LogP contribution in [0.4, 0.5) is 0 Å². The van der Waals surface area contributed by atoms with Gasteiger partial charge in [0.25, 0.3) is 0 Å². The molecule has 92 valence electrons.